The van der Waals surface area contributed by atoms with Crippen molar-refractivity contribution in [3.05, 3.63) is 59.3 Å². The molecule has 0 spiro atoms. The number of carboxylic acid groups (broad SMARTS) is 1. The maximum Gasteiger partial charge on any atom is 0.408 e. The quantitative estimate of drug-likeness (QED) is 0.433. The Bertz CT molecular complexity index is 994. The van der Waals surface area contributed by atoms with Crippen molar-refractivity contribution >= 4 is 17.9 Å². The minimum Gasteiger partial charge on any atom is -0.480 e. The van der Waals surface area contributed by atoms with Gasteiger partial charge in [0, 0.05) is 25.3 Å². The van der Waals surface area contributed by atoms with Gasteiger partial charge in [-0.3, -0.25) is 0 Å². The van der Waals surface area contributed by atoms with E-state index in [9.17, 15) is 14.7 Å². The molecule has 1 aliphatic heterocycles. The van der Waals surface area contributed by atoms with Crippen molar-refractivity contribution in [1.29, 1.82) is 0 Å². The van der Waals surface area contributed by atoms with Gasteiger partial charge in [-0.2, -0.15) is 0 Å². The standard InChI is InChI=1S/C27H35N3O5/c1-18(20-6-3-2-4-7-20)35-27(33)30-24(26(31)32)13-15-34-23-16-19(17-23)9-11-22-12-10-21-8-5-14-28-25(21)29-22/h2-4,6-7,10,12,18-19,23-24H,5,8-9,11,13-17H2,1H3,(H,28,29)(H,30,33)(H,31,32)/t18-,19-,23-,24?/m0/s1. The van der Waals surface area contributed by atoms with Crippen LogP contribution in [0.3, 0.4) is 0 Å². The van der Waals surface area contributed by atoms with Crippen LogP contribution in [0.4, 0.5) is 10.6 Å². The molecule has 1 fully saturated rings. The van der Waals surface area contributed by atoms with E-state index in [0.717, 1.165) is 62.1 Å². The molecule has 2 aromatic rings. The summed E-state index contributed by atoms with van der Waals surface area (Å²) in [5.41, 5.74) is 3.29. The highest BCUT2D eigenvalue weighted by molar-refractivity contribution is 5.79. The van der Waals surface area contributed by atoms with Gasteiger partial charge in [-0.15, -0.1) is 0 Å². The third-order valence-corrected chi connectivity index (χ3v) is 6.86. The minimum atomic E-state index is -1.10. The van der Waals surface area contributed by atoms with Crippen molar-refractivity contribution in [2.24, 2.45) is 5.92 Å². The average molecular weight is 482 g/mol. The Balaban J connectivity index is 1.12. The van der Waals surface area contributed by atoms with Crippen LogP contribution in [0.25, 0.3) is 0 Å². The molecular formula is C27H35N3O5. The van der Waals surface area contributed by atoms with Gasteiger partial charge in [0.2, 0.25) is 0 Å². The van der Waals surface area contributed by atoms with Gasteiger partial charge in [-0.05, 0) is 68.6 Å². The van der Waals surface area contributed by atoms with Crippen LogP contribution in [-0.4, -0.2) is 47.5 Å². The lowest BCUT2D eigenvalue weighted by Crippen LogP contribution is -2.42. The molecule has 8 heteroatoms. The zero-order valence-electron chi connectivity index (χ0n) is 20.2. The number of amides is 1. The van der Waals surface area contributed by atoms with Crippen LogP contribution in [0, 0.1) is 5.92 Å². The number of carbonyl (C=O) groups excluding carboxylic acids is 1. The van der Waals surface area contributed by atoms with Crippen molar-refractivity contribution in [2.45, 2.75) is 70.1 Å². The molecule has 2 aliphatic rings. The molecule has 8 nitrogen and oxygen atoms in total. The first-order chi connectivity index (χ1) is 17.0. The van der Waals surface area contributed by atoms with Gasteiger partial charge >= 0.3 is 12.1 Å². The number of hydrogen-bond acceptors (Lipinski definition) is 6. The predicted octanol–water partition coefficient (Wildman–Crippen LogP) is 4.50. The second kappa shape index (κ2) is 12.0. The molecule has 0 radical (unpaired) electrons. The maximum absolute atomic E-state index is 12.2. The van der Waals surface area contributed by atoms with E-state index >= 15 is 0 Å². The first-order valence-electron chi connectivity index (χ1n) is 12.6. The molecule has 1 amide bonds. The van der Waals surface area contributed by atoms with Crippen molar-refractivity contribution in [1.82, 2.24) is 10.3 Å². The van der Waals surface area contributed by atoms with E-state index in [2.05, 4.69) is 22.8 Å². The Morgan fingerprint density at radius 1 is 1.20 bits per heavy atom. The SMILES string of the molecule is C[C@H](OC(=O)NC(CCO[C@H]1C[C@H](CCc2ccc3c(n2)NCCC3)C1)C(=O)O)c1ccccc1. The molecule has 2 heterocycles. The number of pyridine rings is 1. The highest BCUT2D eigenvalue weighted by atomic mass is 16.6. The normalized spacial score (nSPS) is 20.5. The fourth-order valence-electron chi connectivity index (χ4n) is 4.65. The van der Waals surface area contributed by atoms with Crippen LogP contribution in [-0.2, 0) is 27.1 Å². The third-order valence-electron chi connectivity index (χ3n) is 6.86. The molecule has 1 aliphatic carbocycles. The van der Waals surface area contributed by atoms with Gasteiger partial charge in [0.1, 0.15) is 18.0 Å². The maximum atomic E-state index is 12.2. The predicted molar refractivity (Wildman–Crippen MR) is 132 cm³/mol. The summed E-state index contributed by atoms with van der Waals surface area (Å²) in [6.45, 7) is 3.03. The highest BCUT2D eigenvalue weighted by Gasteiger charge is 2.30. The number of nitrogens with one attached hydrogen (secondary N) is 2. The Labute approximate surface area is 206 Å². The number of rotatable bonds is 11. The molecule has 1 aromatic carbocycles. The van der Waals surface area contributed by atoms with E-state index in [1.54, 1.807) is 6.92 Å². The van der Waals surface area contributed by atoms with Gasteiger partial charge < -0.3 is 25.2 Å². The van der Waals surface area contributed by atoms with Gasteiger partial charge in [-0.1, -0.05) is 36.4 Å². The lowest BCUT2D eigenvalue weighted by Gasteiger charge is -2.35. The van der Waals surface area contributed by atoms with Crippen LogP contribution < -0.4 is 10.6 Å². The first kappa shape index (κ1) is 25.0. The second-order valence-corrected chi connectivity index (χ2v) is 9.49. The number of aromatic nitrogens is 1. The van der Waals surface area contributed by atoms with Crippen LogP contribution in [0.2, 0.25) is 0 Å². The summed E-state index contributed by atoms with van der Waals surface area (Å²) in [7, 11) is 0. The number of aliphatic carboxylic acids is 1. The topological polar surface area (TPSA) is 110 Å². The molecule has 1 aromatic heterocycles. The number of benzene rings is 1. The summed E-state index contributed by atoms with van der Waals surface area (Å²) in [6, 6.07) is 12.6. The number of aryl methyl sites for hydroxylation is 2. The monoisotopic (exact) mass is 481 g/mol. The van der Waals surface area contributed by atoms with Crippen molar-refractivity contribution < 1.29 is 24.2 Å². The fraction of sp³-hybridized carbons (Fsp3) is 0.519. The molecule has 0 saturated heterocycles. The largest absolute Gasteiger partial charge is 0.480 e. The Morgan fingerprint density at radius 2 is 2.00 bits per heavy atom. The minimum absolute atomic E-state index is 0.151. The number of fused-ring (bicyclic) bond motifs is 1. The van der Waals surface area contributed by atoms with Crippen LogP contribution in [0.15, 0.2) is 42.5 Å². The van der Waals surface area contributed by atoms with Gasteiger partial charge in [-0.25, -0.2) is 14.6 Å². The van der Waals surface area contributed by atoms with E-state index in [1.807, 2.05) is 30.3 Å². The fourth-order valence-corrected chi connectivity index (χ4v) is 4.65. The van der Waals surface area contributed by atoms with Crippen LogP contribution in [0.1, 0.15) is 62.0 Å². The molecular weight excluding hydrogens is 446 g/mol. The van der Waals surface area contributed by atoms with Crippen LogP contribution >= 0.6 is 0 Å². The number of alkyl carbamates (subject to hydrolysis) is 1. The number of ether oxygens (including phenoxy) is 2. The zero-order valence-corrected chi connectivity index (χ0v) is 20.2. The van der Waals surface area contributed by atoms with Crippen molar-refractivity contribution in [3.63, 3.8) is 0 Å². The summed E-state index contributed by atoms with van der Waals surface area (Å²) in [4.78, 5) is 28.5. The number of carboxylic acids is 1. The molecule has 0 bridgehead atoms. The Morgan fingerprint density at radius 3 is 2.77 bits per heavy atom. The average Bonchev–Trinajstić information content (AvgIpc) is 2.84. The highest BCUT2D eigenvalue weighted by Crippen LogP contribution is 2.34. The van der Waals surface area contributed by atoms with E-state index in [-0.39, 0.29) is 19.1 Å². The number of anilines is 1. The van der Waals surface area contributed by atoms with Gasteiger partial charge in [0.05, 0.1) is 6.10 Å². The molecule has 188 valence electrons. The molecule has 4 rings (SSSR count). The van der Waals surface area contributed by atoms with Crippen LogP contribution in [0.5, 0.6) is 0 Å². The Kier molecular flexibility index (Phi) is 8.58. The summed E-state index contributed by atoms with van der Waals surface area (Å²) in [5, 5.41) is 15.3. The Hall–Kier alpha value is -3.13. The first-order valence-corrected chi connectivity index (χ1v) is 12.6. The van der Waals surface area contributed by atoms with E-state index in [0.29, 0.717) is 5.92 Å². The number of nitrogens with zero attached hydrogens (tertiary/aromatic N) is 1. The molecule has 3 N–H and O–H groups in total. The summed E-state index contributed by atoms with van der Waals surface area (Å²) < 4.78 is 11.2. The lowest BCUT2D eigenvalue weighted by atomic mass is 9.79. The lowest BCUT2D eigenvalue weighted by molar-refractivity contribution is -0.140. The van der Waals surface area contributed by atoms with E-state index in [4.69, 9.17) is 14.5 Å². The van der Waals surface area contributed by atoms with Crippen molar-refractivity contribution in [2.75, 3.05) is 18.5 Å². The second-order valence-electron chi connectivity index (χ2n) is 9.49. The summed E-state index contributed by atoms with van der Waals surface area (Å²) in [5.74, 6) is 0.550. The molecule has 2 atom stereocenters. The number of hydrogen-bond donors (Lipinski definition) is 3. The summed E-state index contributed by atoms with van der Waals surface area (Å²) >= 11 is 0. The van der Waals surface area contributed by atoms with Gasteiger partial charge in [0.25, 0.3) is 0 Å². The van der Waals surface area contributed by atoms with E-state index in [1.165, 1.54) is 5.56 Å². The molecule has 1 saturated carbocycles. The number of carbonyl (C=O) groups is 2. The smallest absolute Gasteiger partial charge is 0.408 e. The summed E-state index contributed by atoms with van der Waals surface area (Å²) in [6.07, 6.45) is 5.38. The third kappa shape index (κ3) is 7.18. The van der Waals surface area contributed by atoms with Gasteiger partial charge in [0.15, 0.2) is 0 Å². The van der Waals surface area contributed by atoms with Crippen molar-refractivity contribution in [3.8, 4) is 0 Å². The van der Waals surface area contributed by atoms with E-state index < -0.39 is 24.2 Å². The molecule has 35 heavy (non-hydrogen) atoms. The molecule has 1 unspecified atom stereocenters. The zero-order chi connectivity index (χ0) is 24.6.